The first-order chi connectivity index (χ1) is 20.0. The summed E-state index contributed by atoms with van der Waals surface area (Å²) in [5.41, 5.74) is 3.76. The molecule has 0 saturated heterocycles. The second-order valence-corrected chi connectivity index (χ2v) is 12.3. The van der Waals surface area contributed by atoms with E-state index in [0.717, 1.165) is 35.4 Å². The lowest BCUT2D eigenvalue weighted by molar-refractivity contribution is -0.870. The van der Waals surface area contributed by atoms with Crippen molar-refractivity contribution in [2.24, 2.45) is 10.2 Å². The topological polar surface area (TPSA) is 93.0 Å². The van der Waals surface area contributed by atoms with Crippen molar-refractivity contribution in [1.82, 2.24) is 0 Å². The van der Waals surface area contributed by atoms with Crippen molar-refractivity contribution >= 4 is 33.4 Å². The van der Waals surface area contributed by atoms with Gasteiger partial charge in [0, 0.05) is 18.8 Å². The molecule has 1 aromatic carbocycles. The molecule has 0 N–H and O–H groups in total. The molecular weight excluding hydrogens is 552 g/mol. The summed E-state index contributed by atoms with van der Waals surface area (Å²) < 4.78 is 24.3. The van der Waals surface area contributed by atoms with E-state index in [9.17, 15) is 5.26 Å². The van der Waals surface area contributed by atoms with Crippen molar-refractivity contribution < 1.29 is 23.4 Å². The fourth-order valence-electron chi connectivity index (χ4n) is 3.89. The number of aryl methyl sites for hydroxylation is 1. The van der Waals surface area contributed by atoms with E-state index in [4.69, 9.17) is 25.5 Å². The molecule has 0 spiro atoms. The minimum Gasteiger partial charge on any atom is -0.377 e. The molecule has 2 rings (SSSR count). The van der Waals surface area contributed by atoms with Crippen molar-refractivity contribution in [1.29, 1.82) is 5.26 Å². The average Bonchev–Trinajstić information content (AvgIpc) is 3.25. The first-order valence-electron chi connectivity index (χ1n) is 14.4. The van der Waals surface area contributed by atoms with Gasteiger partial charge in [-0.3, -0.25) is 0 Å². The van der Waals surface area contributed by atoms with Gasteiger partial charge in [0.25, 0.3) is 0 Å². The summed E-state index contributed by atoms with van der Waals surface area (Å²) in [5, 5.41) is 18.5. The monoisotopic (exact) mass is 599 g/mol. The number of nitrogens with zero attached hydrogens (tertiary/aromatic N) is 6. The predicted molar refractivity (Wildman–Crippen MR) is 169 cm³/mol. The number of benzene rings is 1. The van der Waals surface area contributed by atoms with Crippen molar-refractivity contribution in [3.63, 3.8) is 0 Å². The van der Waals surface area contributed by atoms with Crippen LogP contribution in [0.3, 0.4) is 0 Å². The highest BCUT2D eigenvalue weighted by Crippen LogP contribution is 2.42. The Morgan fingerprint density at radius 3 is 2.33 bits per heavy atom. The summed E-state index contributed by atoms with van der Waals surface area (Å²) in [6.45, 7) is 23.1. The number of azo groups is 1. The summed E-state index contributed by atoms with van der Waals surface area (Å²) in [6, 6.07) is 8.15. The SMILES string of the molecule is [C-]#[N+]c1c(N=Nc2ccc(N(CC)CC(COC(C)C)OCCOCCOCC[N+](C)(C)C)cc2C)sc(C#N)c1C. The van der Waals surface area contributed by atoms with Gasteiger partial charge in [-0.1, -0.05) is 0 Å². The number of hydrogen-bond donors (Lipinski definition) is 0. The van der Waals surface area contributed by atoms with E-state index in [1.165, 1.54) is 11.3 Å². The van der Waals surface area contributed by atoms with Crippen LogP contribution in [0.5, 0.6) is 0 Å². The summed E-state index contributed by atoms with van der Waals surface area (Å²) >= 11 is 1.19. The molecule has 0 aliphatic carbocycles. The zero-order valence-electron chi connectivity index (χ0n) is 26.5. The maximum atomic E-state index is 9.29. The smallest absolute Gasteiger partial charge is 0.229 e. The molecule has 0 amide bonds. The van der Waals surface area contributed by atoms with Gasteiger partial charge in [0.1, 0.15) is 17.6 Å². The number of nitriles is 1. The number of ether oxygens (including phenoxy) is 4. The largest absolute Gasteiger partial charge is 0.377 e. The molecule has 11 heteroatoms. The molecule has 0 aliphatic heterocycles. The Morgan fingerprint density at radius 2 is 1.74 bits per heavy atom. The van der Waals surface area contributed by atoms with E-state index in [1.54, 1.807) is 6.92 Å². The van der Waals surface area contributed by atoms with Crippen LogP contribution in [-0.4, -0.2) is 97.1 Å². The zero-order valence-corrected chi connectivity index (χ0v) is 27.3. The van der Waals surface area contributed by atoms with Crippen molar-refractivity contribution in [3.05, 3.63) is 45.6 Å². The van der Waals surface area contributed by atoms with Gasteiger partial charge in [0.05, 0.1) is 90.1 Å². The van der Waals surface area contributed by atoms with E-state index >= 15 is 0 Å². The van der Waals surface area contributed by atoms with Gasteiger partial charge >= 0.3 is 0 Å². The van der Waals surface area contributed by atoms with Crippen molar-refractivity contribution in [3.8, 4) is 6.07 Å². The molecule has 230 valence electrons. The fourth-order valence-corrected chi connectivity index (χ4v) is 4.76. The molecule has 1 heterocycles. The van der Waals surface area contributed by atoms with E-state index in [1.807, 2.05) is 32.9 Å². The molecule has 2 aromatic rings. The van der Waals surface area contributed by atoms with Crippen LogP contribution in [0.1, 0.15) is 36.8 Å². The van der Waals surface area contributed by atoms with Crippen LogP contribution in [0.4, 0.5) is 22.1 Å². The van der Waals surface area contributed by atoms with Gasteiger partial charge in [-0.2, -0.15) is 15.5 Å². The third kappa shape index (κ3) is 12.1. The highest BCUT2D eigenvalue weighted by Gasteiger charge is 2.18. The van der Waals surface area contributed by atoms with Crippen LogP contribution >= 0.6 is 11.3 Å². The number of rotatable bonds is 19. The Balaban J connectivity index is 1.97. The molecule has 0 saturated carbocycles. The maximum absolute atomic E-state index is 9.29. The lowest BCUT2D eigenvalue weighted by Crippen LogP contribution is -2.38. The number of quaternary nitrogens is 1. The average molecular weight is 600 g/mol. The van der Waals surface area contributed by atoms with Crippen molar-refractivity contribution in [2.45, 2.75) is 46.8 Å². The molecule has 0 aliphatic rings. The molecule has 0 radical (unpaired) electrons. The van der Waals surface area contributed by atoms with Gasteiger partial charge < -0.3 is 28.3 Å². The first kappa shape index (κ1) is 35.3. The Kier molecular flexibility index (Phi) is 15.1. The number of likely N-dealkylation sites (N-methyl/N-ethyl adjacent to an activating group) is 2. The van der Waals surface area contributed by atoms with Crippen LogP contribution in [0.15, 0.2) is 28.4 Å². The molecule has 1 atom stereocenters. The number of thiophene rings is 1. The molecule has 1 unspecified atom stereocenters. The Hall–Kier alpha value is -2.90. The van der Waals surface area contributed by atoms with E-state index in [-0.39, 0.29) is 12.2 Å². The zero-order chi connectivity index (χ0) is 31.1. The highest BCUT2D eigenvalue weighted by molar-refractivity contribution is 7.17. The highest BCUT2D eigenvalue weighted by atomic mass is 32.1. The van der Waals surface area contributed by atoms with Gasteiger partial charge in [-0.25, -0.2) is 4.85 Å². The molecule has 0 fully saturated rings. The van der Waals surface area contributed by atoms with Crippen LogP contribution in [0, 0.1) is 31.8 Å². The molecule has 1 aromatic heterocycles. The predicted octanol–water partition coefficient (Wildman–Crippen LogP) is 6.58. The minimum absolute atomic E-state index is 0.109. The molecule has 42 heavy (non-hydrogen) atoms. The summed E-state index contributed by atoms with van der Waals surface area (Å²) in [4.78, 5) is 6.29. The minimum atomic E-state index is -0.125. The van der Waals surface area contributed by atoms with Gasteiger partial charge in [-0.05, 0) is 63.9 Å². The van der Waals surface area contributed by atoms with Crippen LogP contribution < -0.4 is 4.90 Å². The van der Waals surface area contributed by atoms with Gasteiger partial charge in [0.2, 0.25) is 5.69 Å². The quantitative estimate of drug-likeness (QED) is 0.0784. The summed E-state index contributed by atoms with van der Waals surface area (Å²) in [5.74, 6) is 0. The van der Waals surface area contributed by atoms with Gasteiger partial charge in [-0.15, -0.1) is 11.3 Å². The molecule has 0 bridgehead atoms. The first-order valence-corrected chi connectivity index (χ1v) is 15.2. The third-order valence-electron chi connectivity index (χ3n) is 6.39. The number of anilines is 1. The molecule has 10 nitrogen and oxygen atoms in total. The van der Waals surface area contributed by atoms with Crippen LogP contribution in [0.25, 0.3) is 4.85 Å². The van der Waals surface area contributed by atoms with E-state index in [2.05, 4.69) is 60.2 Å². The second kappa shape index (κ2) is 17.9. The second-order valence-electron chi connectivity index (χ2n) is 11.3. The number of hydrogen-bond acceptors (Lipinski definition) is 9. The Morgan fingerprint density at radius 1 is 1.05 bits per heavy atom. The lowest BCUT2D eigenvalue weighted by Gasteiger charge is -2.29. The van der Waals surface area contributed by atoms with E-state index in [0.29, 0.717) is 66.4 Å². The van der Waals surface area contributed by atoms with E-state index < -0.39 is 0 Å². The van der Waals surface area contributed by atoms with Crippen molar-refractivity contribution in [2.75, 3.05) is 85.3 Å². The Labute approximate surface area is 255 Å². The maximum Gasteiger partial charge on any atom is 0.229 e. The Bertz CT molecular complexity index is 1230. The summed E-state index contributed by atoms with van der Waals surface area (Å²) in [7, 11) is 6.44. The summed E-state index contributed by atoms with van der Waals surface area (Å²) in [6.07, 6.45) is -0.0159. The third-order valence-corrected chi connectivity index (χ3v) is 7.46. The van der Waals surface area contributed by atoms with Crippen LogP contribution in [-0.2, 0) is 18.9 Å². The normalized spacial score (nSPS) is 12.5. The van der Waals surface area contributed by atoms with Crippen LogP contribution in [0.2, 0.25) is 0 Å². The van der Waals surface area contributed by atoms with Gasteiger partial charge in [0.15, 0.2) is 0 Å². The standard InChI is InChI=1S/C31H47N6O4S/c1-10-36(21-27(22-41-23(2)3)40-18-17-39-16-15-38-14-13-37(7,8)9)26-11-12-28(24(4)19-26)34-35-31-30(33-6)25(5)29(20-32)42-31/h11-12,19,23,27H,10,13-18,21-22H2,1-5,7-9H3/q+1. The molecular formula is C31H47N6O4S+. The fraction of sp³-hybridized carbons (Fsp3) is 0.613. The lowest BCUT2D eigenvalue weighted by atomic mass is 10.1.